The highest BCUT2D eigenvalue weighted by Crippen LogP contribution is 2.09. The van der Waals surface area contributed by atoms with Gasteiger partial charge in [0.05, 0.1) is 6.21 Å². The van der Waals surface area contributed by atoms with Gasteiger partial charge in [-0.05, 0) is 6.26 Å². The minimum Gasteiger partial charge on any atom is -0.265 e. The average Bonchev–Trinajstić information content (AvgIpc) is 2.52. The van der Waals surface area contributed by atoms with Crippen LogP contribution in [0.25, 0.3) is 0 Å². The molecule has 2 aliphatic heterocycles. The van der Waals surface area contributed by atoms with Crippen LogP contribution in [0.3, 0.4) is 0 Å². The zero-order valence-corrected chi connectivity index (χ0v) is 7.00. The van der Waals surface area contributed by atoms with Gasteiger partial charge in [0.25, 0.3) is 0 Å². The molecule has 6 heteroatoms. The Bertz CT molecular complexity index is 366. The number of fused-ring (bicyclic) bond motifs is 1. The Morgan fingerprint density at radius 2 is 2.25 bits per heavy atom. The third-order valence-electron chi connectivity index (χ3n) is 1.38. The van der Waals surface area contributed by atoms with Crippen LogP contribution in [0.2, 0.25) is 0 Å². The topological polar surface area (TPSA) is 66.5 Å². The van der Waals surface area contributed by atoms with E-state index in [1.54, 1.807) is 0 Å². The maximum atomic E-state index is 11.2. The summed E-state index contributed by atoms with van der Waals surface area (Å²) >= 11 is 1.32. The summed E-state index contributed by atoms with van der Waals surface area (Å²) in [6.07, 6.45) is 3.27. The molecule has 12 heavy (non-hydrogen) atoms. The number of amidine groups is 1. The lowest BCUT2D eigenvalue weighted by atomic mass is 10.2. The lowest BCUT2D eigenvalue weighted by Gasteiger charge is -2.03. The minimum atomic E-state index is -0.359. The fourth-order valence-corrected chi connectivity index (χ4v) is 1.21. The molecular formula is C6H4N4OS. The van der Waals surface area contributed by atoms with Crippen LogP contribution >= 0.6 is 11.8 Å². The molecule has 0 saturated heterocycles. The van der Waals surface area contributed by atoms with E-state index in [9.17, 15) is 4.79 Å². The Balaban J connectivity index is 2.45. The molecule has 0 saturated carbocycles. The van der Waals surface area contributed by atoms with Crippen molar-refractivity contribution in [1.82, 2.24) is 0 Å². The molecule has 0 aliphatic carbocycles. The van der Waals surface area contributed by atoms with E-state index in [1.807, 2.05) is 6.26 Å². The second kappa shape index (κ2) is 2.63. The van der Waals surface area contributed by atoms with E-state index >= 15 is 0 Å². The zero-order chi connectivity index (χ0) is 8.55. The van der Waals surface area contributed by atoms with Crippen molar-refractivity contribution in [2.75, 3.05) is 6.26 Å². The molecule has 0 N–H and O–H groups in total. The van der Waals surface area contributed by atoms with Crippen LogP contribution in [-0.4, -0.2) is 35.0 Å². The van der Waals surface area contributed by atoms with Crippen molar-refractivity contribution in [2.45, 2.75) is 0 Å². The number of carbonyl (C=O) groups excluding carboxylic acids is 1. The van der Waals surface area contributed by atoms with Crippen LogP contribution in [0.15, 0.2) is 20.2 Å². The quantitative estimate of drug-likeness (QED) is 0.531. The number of thioether (sulfide) groups is 1. The number of rotatable bonds is 0. The van der Waals surface area contributed by atoms with E-state index in [4.69, 9.17) is 0 Å². The molecule has 0 spiro atoms. The molecular weight excluding hydrogens is 176 g/mol. The first-order chi connectivity index (χ1) is 5.81. The van der Waals surface area contributed by atoms with Gasteiger partial charge in [-0.25, -0.2) is 4.99 Å². The summed E-state index contributed by atoms with van der Waals surface area (Å²) in [6.45, 7) is 0. The molecule has 1 amide bonds. The van der Waals surface area contributed by atoms with Crippen molar-refractivity contribution in [3.63, 3.8) is 0 Å². The molecule has 60 valence electrons. The van der Waals surface area contributed by atoms with Crippen LogP contribution < -0.4 is 0 Å². The van der Waals surface area contributed by atoms with Crippen LogP contribution in [0.5, 0.6) is 0 Å². The molecule has 0 aromatic carbocycles. The first kappa shape index (κ1) is 7.35. The summed E-state index contributed by atoms with van der Waals surface area (Å²) in [4.78, 5) is 18.9. The molecule has 0 atom stereocenters. The molecule has 0 aromatic rings. The summed E-state index contributed by atoms with van der Waals surface area (Å²) in [5.74, 6) is -0.359. The predicted octanol–water partition coefficient (Wildman–Crippen LogP) is 0.127. The zero-order valence-electron chi connectivity index (χ0n) is 6.18. The van der Waals surface area contributed by atoms with Gasteiger partial charge in [-0.15, -0.1) is 5.10 Å². The summed E-state index contributed by atoms with van der Waals surface area (Å²) < 4.78 is 0. The molecule has 2 aliphatic rings. The highest BCUT2D eigenvalue weighted by atomic mass is 32.2. The first-order valence-corrected chi connectivity index (χ1v) is 4.41. The number of aliphatic imine (C=N–C) groups is 2. The third kappa shape index (κ3) is 1.00. The van der Waals surface area contributed by atoms with Crippen LogP contribution in [0.4, 0.5) is 0 Å². The van der Waals surface area contributed by atoms with Crippen LogP contribution in [0.1, 0.15) is 0 Å². The number of amides is 1. The van der Waals surface area contributed by atoms with Crippen molar-refractivity contribution in [3.05, 3.63) is 0 Å². The van der Waals surface area contributed by atoms with E-state index in [1.165, 1.54) is 18.0 Å². The number of hydrogen-bond donors (Lipinski definition) is 0. The normalized spacial score (nSPS) is 20.1. The molecule has 5 nitrogen and oxygen atoms in total. The Hall–Kier alpha value is -1.30. The molecule has 2 rings (SSSR count). The fourth-order valence-electron chi connectivity index (χ4n) is 0.847. The molecule has 0 unspecified atom stereocenters. The van der Waals surface area contributed by atoms with Gasteiger partial charge >= 0.3 is 5.91 Å². The van der Waals surface area contributed by atoms with E-state index in [0.717, 1.165) is 0 Å². The van der Waals surface area contributed by atoms with Gasteiger partial charge in [0.2, 0.25) is 0 Å². The van der Waals surface area contributed by atoms with Gasteiger partial charge in [-0.2, -0.15) is 10.1 Å². The summed E-state index contributed by atoms with van der Waals surface area (Å²) in [7, 11) is 0. The van der Waals surface area contributed by atoms with Gasteiger partial charge in [-0.3, -0.25) is 4.79 Å². The van der Waals surface area contributed by atoms with Crippen LogP contribution in [-0.2, 0) is 4.79 Å². The van der Waals surface area contributed by atoms with E-state index < -0.39 is 0 Å². The van der Waals surface area contributed by atoms with E-state index in [-0.39, 0.29) is 11.6 Å². The number of nitrogens with zero attached hydrogens (tertiary/aromatic N) is 4. The lowest BCUT2D eigenvalue weighted by molar-refractivity contribution is -0.111. The van der Waals surface area contributed by atoms with Crippen molar-refractivity contribution in [2.24, 2.45) is 20.2 Å². The Kier molecular flexibility index (Phi) is 1.61. The SMILES string of the molecule is CSC1=NC(=O)C2=NN=CC2=N1. The first-order valence-electron chi connectivity index (χ1n) is 3.18. The smallest absolute Gasteiger partial charge is 0.265 e. The summed E-state index contributed by atoms with van der Waals surface area (Å²) in [6, 6.07) is 0. The number of hydrogen-bond acceptors (Lipinski definition) is 5. The van der Waals surface area contributed by atoms with Gasteiger partial charge in [0.1, 0.15) is 5.71 Å². The average molecular weight is 180 g/mol. The van der Waals surface area contributed by atoms with E-state index in [0.29, 0.717) is 10.9 Å². The highest BCUT2D eigenvalue weighted by Gasteiger charge is 2.25. The monoisotopic (exact) mass is 180 g/mol. The second-order valence-corrected chi connectivity index (χ2v) is 2.87. The maximum Gasteiger partial charge on any atom is 0.302 e. The Morgan fingerprint density at radius 3 is 3.00 bits per heavy atom. The third-order valence-corrected chi connectivity index (χ3v) is 1.93. The molecule has 0 fully saturated rings. The second-order valence-electron chi connectivity index (χ2n) is 2.09. The minimum absolute atomic E-state index is 0.243. The largest absolute Gasteiger partial charge is 0.302 e. The Labute approximate surface area is 72.4 Å². The van der Waals surface area contributed by atoms with Crippen molar-refractivity contribution in [3.8, 4) is 0 Å². The standard InChI is InChI=1S/C6H4N4OS/c1-12-6-8-3-2-7-10-4(3)5(11)9-6/h2H,1H3. The van der Waals surface area contributed by atoms with E-state index in [2.05, 4.69) is 20.2 Å². The van der Waals surface area contributed by atoms with Gasteiger partial charge in [-0.1, -0.05) is 11.8 Å². The molecule has 0 radical (unpaired) electrons. The lowest BCUT2D eigenvalue weighted by Crippen LogP contribution is -2.26. The van der Waals surface area contributed by atoms with Crippen molar-refractivity contribution >= 4 is 40.5 Å². The molecule has 0 bridgehead atoms. The maximum absolute atomic E-state index is 11.2. The van der Waals surface area contributed by atoms with Crippen LogP contribution in [0, 0.1) is 0 Å². The molecule has 0 aromatic heterocycles. The molecule has 2 heterocycles. The summed E-state index contributed by atoms with van der Waals surface area (Å²) in [5, 5.41) is 7.63. The van der Waals surface area contributed by atoms with Crippen molar-refractivity contribution < 1.29 is 4.79 Å². The highest BCUT2D eigenvalue weighted by molar-refractivity contribution is 8.13. The Morgan fingerprint density at radius 1 is 1.42 bits per heavy atom. The fraction of sp³-hybridized carbons (Fsp3) is 0.167. The van der Waals surface area contributed by atoms with Gasteiger partial charge in [0, 0.05) is 0 Å². The summed E-state index contributed by atoms with van der Waals surface area (Å²) in [5.41, 5.74) is 0.757. The predicted molar refractivity (Wildman–Crippen MR) is 49.3 cm³/mol. The van der Waals surface area contributed by atoms with Crippen molar-refractivity contribution in [1.29, 1.82) is 0 Å². The van der Waals surface area contributed by atoms with Gasteiger partial charge < -0.3 is 0 Å². The number of carbonyl (C=O) groups is 1. The van der Waals surface area contributed by atoms with Gasteiger partial charge in [0.15, 0.2) is 10.9 Å².